The molecule has 2 heterocycles. The molecule has 0 unspecified atom stereocenters. The number of benzene rings is 2. The van der Waals surface area contributed by atoms with E-state index in [9.17, 15) is 4.79 Å². The minimum atomic E-state index is -0.196. The maximum absolute atomic E-state index is 12.7. The summed E-state index contributed by atoms with van der Waals surface area (Å²) in [5, 5.41) is 7.01. The van der Waals surface area contributed by atoms with Gasteiger partial charge in [0.2, 0.25) is 11.8 Å². The summed E-state index contributed by atoms with van der Waals surface area (Å²) in [5.41, 5.74) is 0.489. The Morgan fingerprint density at radius 3 is 2.48 bits per heavy atom. The van der Waals surface area contributed by atoms with Gasteiger partial charge in [0, 0.05) is 40.2 Å². The van der Waals surface area contributed by atoms with Crippen LogP contribution in [0.25, 0.3) is 0 Å². The molecule has 0 fully saturated rings. The van der Waals surface area contributed by atoms with Crippen LogP contribution in [-0.2, 0) is 16.6 Å². The zero-order valence-corrected chi connectivity index (χ0v) is 18.6. The van der Waals surface area contributed by atoms with E-state index in [4.69, 9.17) is 14.0 Å². The monoisotopic (exact) mass is 439 g/mol. The van der Waals surface area contributed by atoms with Gasteiger partial charge in [-0.15, -0.1) is 0 Å². The number of ether oxygens (including phenoxy) is 2. The van der Waals surface area contributed by atoms with Crippen molar-refractivity contribution in [2.45, 2.75) is 48.8 Å². The van der Waals surface area contributed by atoms with E-state index in [0.29, 0.717) is 48.5 Å². The summed E-state index contributed by atoms with van der Waals surface area (Å²) in [6.45, 7) is 7.04. The van der Waals surface area contributed by atoms with Crippen LogP contribution in [-0.4, -0.2) is 29.3 Å². The summed E-state index contributed by atoms with van der Waals surface area (Å²) >= 11 is 1.56. The number of carbonyl (C=O) groups is 1. The fourth-order valence-electron chi connectivity index (χ4n) is 2.96. The van der Waals surface area contributed by atoms with Crippen molar-refractivity contribution in [3.63, 3.8) is 0 Å². The van der Waals surface area contributed by atoms with Crippen LogP contribution >= 0.6 is 11.8 Å². The zero-order chi connectivity index (χ0) is 21.8. The van der Waals surface area contributed by atoms with Gasteiger partial charge in [0.1, 0.15) is 13.2 Å². The van der Waals surface area contributed by atoms with E-state index in [2.05, 4.69) is 15.5 Å². The minimum absolute atomic E-state index is 0.137. The van der Waals surface area contributed by atoms with Crippen LogP contribution in [0.2, 0.25) is 0 Å². The molecule has 0 bridgehead atoms. The number of nitrogens with zero attached hydrogens (tertiary/aromatic N) is 2. The molecule has 1 aromatic heterocycles. The molecule has 1 aliphatic heterocycles. The maximum Gasteiger partial charge on any atom is 0.227 e. The first-order valence-corrected chi connectivity index (χ1v) is 11.0. The Labute approximate surface area is 185 Å². The van der Waals surface area contributed by atoms with Crippen LogP contribution in [0.15, 0.2) is 56.8 Å². The molecular formula is C23H25N3O4S. The van der Waals surface area contributed by atoms with Gasteiger partial charge in [0.05, 0.1) is 5.69 Å². The highest BCUT2D eigenvalue weighted by atomic mass is 32.2. The van der Waals surface area contributed by atoms with Gasteiger partial charge in [0.25, 0.3) is 0 Å². The van der Waals surface area contributed by atoms with Crippen molar-refractivity contribution in [2.24, 2.45) is 0 Å². The summed E-state index contributed by atoms with van der Waals surface area (Å²) < 4.78 is 16.7. The van der Waals surface area contributed by atoms with Gasteiger partial charge in [-0.1, -0.05) is 55.9 Å². The molecule has 0 atom stereocenters. The third-order valence-corrected chi connectivity index (χ3v) is 5.66. The van der Waals surface area contributed by atoms with Crippen molar-refractivity contribution < 1.29 is 18.8 Å². The van der Waals surface area contributed by atoms with Crippen LogP contribution in [0, 0.1) is 0 Å². The van der Waals surface area contributed by atoms with Crippen LogP contribution in [0.4, 0.5) is 5.69 Å². The highest BCUT2D eigenvalue weighted by Crippen LogP contribution is 2.42. The highest BCUT2D eigenvalue weighted by molar-refractivity contribution is 7.99. The molecule has 3 aromatic rings. The maximum atomic E-state index is 12.7. The topological polar surface area (TPSA) is 86.5 Å². The van der Waals surface area contributed by atoms with Crippen molar-refractivity contribution in [3.8, 4) is 11.5 Å². The second-order valence-electron chi connectivity index (χ2n) is 8.22. The van der Waals surface area contributed by atoms with Crippen LogP contribution in [0.3, 0.4) is 0 Å². The van der Waals surface area contributed by atoms with Gasteiger partial charge in [-0.25, -0.2) is 0 Å². The Balaban J connectivity index is 1.48. The van der Waals surface area contributed by atoms with Crippen molar-refractivity contribution in [2.75, 3.05) is 18.5 Å². The average Bonchev–Trinajstić information content (AvgIpc) is 3.23. The van der Waals surface area contributed by atoms with E-state index in [1.54, 1.807) is 11.8 Å². The third kappa shape index (κ3) is 5.38. The number of rotatable bonds is 6. The van der Waals surface area contributed by atoms with Crippen molar-refractivity contribution in [1.82, 2.24) is 10.1 Å². The molecule has 1 N–H and O–H groups in total. The predicted octanol–water partition coefficient (Wildman–Crippen LogP) is 4.86. The van der Waals surface area contributed by atoms with E-state index in [-0.39, 0.29) is 17.7 Å². The molecule has 0 radical (unpaired) electrons. The fraction of sp³-hybridized carbons (Fsp3) is 0.348. The summed E-state index contributed by atoms with van der Waals surface area (Å²) in [4.78, 5) is 19.0. The average molecular weight is 440 g/mol. The number of amides is 1. The Morgan fingerprint density at radius 1 is 1.10 bits per heavy atom. The molecule has 7 nitrogen and oxygen atoms in total. The van der Waals surface area contributed by atoms with Gasteiger partial charge in [-0.2, -0.15) is 4.98 Å². The number of nitrogens with one attached hydrogen (secondary N) is 1. The fourth-order valence-corrected chi connectivity index (χ4v) is 3.90. The summed E-state index contributed by atoms with van der Waals surface area (Å²) in [5.74, 6) is 2.27. The molecule has 0 aliphatic carbocycles. The molecule has 4 rings (SSSR count). The predicted molar refractivity (Wildman–Crippen MR) is 118 cm³/mol. The lowest BCUT2D eigenvalue weighted by molar-refractivity contribution is -0.116. The van der Waals surface area contributed by atoms with Gasteiger partial charge < -0.3 is 19.3 Å². The summed E-state index contributed by atoms with van der Waals surface area (Å²) in [6, 6.07) is 13.7. The molecule has 0 spiro atoms. The second-order valence-corrected chi connectivity index (χ2v) is 9.33. The van der Waals surface area contributed by atoms with Crippen LogP contribution < -0.4 is 14.8 Å². The van der Waals surface area contributed by atoms with Crippen LogP contribution in [0.1, 0.15) is 38.9 Å². The van der Waals surface area contributed by atoms with E-state index in [1.165, 1.54) is 0 Å². The Hall–Kier alpha value is -3.00. The minimum Gasteiger partial charge on any atom is -0.486 e. The number of anilines is 1. The molecular weight excluding hydrogens is 414 g/mol. The Morgan fingerprint density at radius 2 is 1.81 bits per heavy atom. The molecule has 1 aliphatic rings. The van der Waals surface area contributed by atoms with E-state index < -0.39 is 0 Å². The second kappa shape index (κ2) is 9.01. The molecule has 162 valence electrons. The first-order chi connectivity index (χ1) is 14.9. The number of aryl methyl sites for hydroxylation is 1. The van der Waals surface area contributed by atoms with Gasteiger partial charge in [-0.3, -0.25) is 4.79 Å². The number of aromatic nitrogens is 2. The van der Waals surface area contributed by atoms with Gasteiger partial charge >= 0.3 is 0 Å². The molecule has 0 saturated heterocycles. The van der Waals surface area contributed by atoms with E-state index >= 15 is 0 Å². The number of hydrogen-bond donors (Lipinski definition) is 1. The SMILES string of the molecule is CC(C)(C)c1noc(CCC(=O)Nc2cc3c(cc2Sc2ccccc2)OCCO3)n1. The van der Waals surface area contributed by atoms with Crippen molar-refractivity contribution in [1.29, 1.82) is 0 Å². The molecule has 0 saturated carbocycles. The summed E-state index contributed by atoms with van der Waals surface area (Å²) in [6.07, 6.45) is 0.607. The highest BCUT2D eigenvalue weighted by Gasteiger charge is 2.22. The van der Waals surface area contributed by atoms with Gasteiger partial charge in [0.15, 0.2) is 17.3 Å². The third-order valence-electron chi connectivity index (χ3n) is 4.59. The molecule has 8 heteroatoms. The summed E-state index contributed by atoms with van der Waals surface area (Å²) in [7, 11) is 0. The van der Waals surface area contributed by atoms with E-state index in [1.807, 2.05) is 63.2 Å². The number of carbonyl (C=O) groups excluding carboxylic acids is 1. The number of fused-ring (bicyclic) bond motifs is 1. The lowest BCUT2D eigenvalue weighted by atomic mass is 9.96. The normalized spacial score (nSPS) is 13.1. The van der Waals surface area contributed by atoms with Gasteiger partial charge in [-0.05, 0) is 12.1 Å². The smallest absolute Gasteiger partial charge is 0.227 e. The molecule has 2 aromatic carbocycles. The standard InChI is InChI=1S/C23H25N3O4S/c1-23(2,3)22-25-21(30-26-22)10-9-20(27)24-16-13-17-18(29-12-11-28-17)14-19(16)31-15-7-5-4-6-8-15/h4-8,13-14H,9-12H2,1-3H3,(H,24,27). The number of hydrogen-bond acceptors (Lipinski definition) is 7. The lowest BCUT2D eigenvalue weighted by Crippen LogP contribution is -2.17. The van der Waals surface area contributed by atoms with Crippen molar-refractivity contribution >= 4 is 23.4 Å². The molecule has 1 amide bonds. The Bertz CT molecular complexity index is 1060. The largest absolute Gasteiger partial charge is 0.486 e. The van der Waals surface area contributed by atoms with E-state index in [0.717, 1.165) is 9.79 Å². The Kier molecular flexibility index (Phi) is 6.18. The lowest BCUT2D eigenvalue weighted by Gasteiger charge is -2.21. The van der Waals surface area contributed by atoms with Crippen LogP contribution in [0.5, 0.6) is 11.5 Å². The quantitative estimate of drug-likeness (QED) is 0.587. The van der Waals surface area contributed by atoms with Crippen molar-refractivity contribution in [3.05, 3.63) is 54.2 Å². The first kappa shape index (κ1) is 21.2. The first-order valence-electron chi connectivity index (χ1n) is 10.2. The zero-order valence-electron chi connectivity index (χ0n) is 17.8. The molecule has 31 heavy (non-hydrogen) atoms.